The van der Waals surface area contributed by atoms with E-state index < -0.39 is 17.4 Å². The zero-order chi connectivity index (χ0) is 19.0. The van der Waals surface area contributed by atoms with Crippen LogP contribution in [-0.4, -0.2) is 36.4 Å². The van der Waals surface area contributed by atoms with Gasteiger partial charge >= 0.3 is 5.69 Å². The third kappa shape index (κ3) is 3.19. The lowest BCUT2D eigenvalue weighted by atomic mass is 10.2. The molecular weight excluding hydrogens is 402 g/mol. The molecule has 1 aromatic carbocycles. The average molecular weight is 422 g/mol. The van der Waals surface area contributed by atoms with Crippen LogP contribution in [0.3, 0.4) is 0 Å². The summed E-state index contributed by atoms with van der Waals surface area (Å²) in [4.78, 5) is 29.4. The molecule has 8 nitrogen and oxygen atoms in total. The number of halogens is 1. The Morgan fingerprint density at radius 1 is 1.23 bits per heavy atom. The van der Waals surface area contributed by atoms with Crippen LogP contribution in [-0.2, 0) is 20.6 Å². The number of aromatic nitrogens is 4. The van der Waals surface area contributed by atoms with E-state index >= 15 is 0 Å². The van der Waals surface area contributed by atoms with Crippen molar-refractivity contribution in [2.45, 2.75) is 19.6 Å². The summed E-state index contributed by atoms with van der Waals surface area (Å²) in [6.45, 7) is 2.31. The van der Waals surface area contributed by atoms with Gasteiger partial charge in [-0.15, -0.1) is 0 Å². The summed E-state index contributed by atoms with van der Waals surface area (Å²) in [5, 5.41) is 12.6. The van der Waals surface area contributed by atoms with Gasteiger partial charge in [0.25, 0.3) is 5.56 Å². The van der Waals surface area contributed by atoms with Crippen molar-refractivity contribution in [2.75, 3.05) is 11.9 Å². The highest BCUT2D eigenvalue weighted by atomic mass is 79.9. The van der Waals surface area contributed by atoms with Gasteiger partial charge in [-0.3, -0.25) is 18.5 Å². The van der Waals surface area contributed by atoms with Crippen LogP contribution in [0, 0.1) is 0 Å². The number of anilines is 1. The summed E-state index contributed by atoms with van der Waals surface area (Å²) in [6.07, 6.45) is -0.585. The number of aliphatic hydroxyl groups is 1. The highest BCUT2D eigenvalue weighted by Gasteiger charge is 2.20. The molecule has 3 rings (SSSR count). The zero-order valence-electron chi connectivity index (χ0n) is 14.7. The van der Waals surface area contributed by atoms with Gasteiger partial charge in [-0.25, -0.2) is 4.79 Å². The fourth-order valence-corrected chi connectivity index (χ4v) is 3.18. The molecule has 0 fully saturated rings. The molecule has 138 valence electrons. The molecule has 0 spiro atoms. The number of benzene rings is 1. The number of fused-ring (bicyclic) bond motifs is 1. The SMILES string of the molecule is CC(O)CNc1nc2c(c(=O)n(C)c(=O)n2C)n1Cc1ccccc1Br. The van der Waals surface area contributed by atoms with Crippen LogP contribution in [0.2, 0.25) is 0 Å². The maximum Gasteiger partial charge on any atom is 0.332 e. The van der Waals surface area contributed by atoms with E-state index in [0.29, 0.717) is 23.7 Å². The molecular formula is C17H20BrN5O3. The van der Waals surface area contributed by atoms with Crippen molar-refractivity contribution < 1.29 is 5.11 Å². The lowest BCUT2D eigenvalue weighted by molar-refractivity contribution is 0.208. The number of nitrogens with zero attached hydrogens (tertiary/aromatic N) is 4. The second kappa shape index (κ2) is 7.08. The van der Waals surface area contributed by atoms with Crippen LogP contribution in [0.15, 0.2) is 38.3 Å². The monoisotopic (exact) mass is 421 g/mol. The number of hydrogen-bond donors (Lipinski definition) is 2. The minimum Gasteiger partial charge on any atom is -0.392 e. The van der Waals surface area contributed by atoms with Crippen LogP contribution in [0.4, 0.5) is 5.95 Å². The molecule has 1 unspecified atom stereocenters. The first kappa shape index (κ1) is 18.4. The number of rotatable bonds is 5. The zero-order valence-corrected chi connectivity index (χ0v) is 16.3. The number of aryl methyl sites for hydroxylation is 1. The Balaban J connectivity index is 2.26. The Kier molecular flexibility index (Phi) is 5.01. The predicted octanol–water partition coefficient (Wildman–Crippen LogP) is 1.04. The third-order valence-corrected chi connectivity index (χ3v) is 4.96. The second-order valence-corrected chi connectivity index (χ2v) is 7.08. The largest absolute Gasteiger partial charge is 0.392 e. The molecule has 0 aliphatic rings. The number of imidazole rings is 1. The molecule has 9 heteroatoms. The molecule has 2 heterocycles. The lowest BCUT2D eigenvalue weighted by Gasteiger charge is -2.13. The fraction of sp³-hybridized carbons (Fsp3) is 0.353. The first-order valence-corrected chi connectivity index (χ1v) is 8.92. The van der Waals surface area contributed by atoms with E-state index in [9.17, 15) is 14.7 Å². The van der Waals surface area contributed by atoms with E-state index in [4.69, 9.17) is 0 Å². The van der Waals surface area contributed by atoms with Gasteiger partial charge in [-0.1, -0.05) is 34.1 Å². The quantitative estimate of drug-likeness (QED) is 0.641. The van der Waals surface area contributed by atoms with Gasteiger partial charge in [0, 0.05) is 25.1 Å². The summed E-state index contributed by atoms with van der Waals surface area (Å²) in [6, 6.07) is 7.69. The topological polar surface area (TPSA) is 94.1 Å². The molecule has 0 saturated heterocycles. The third-order valence-electron chi connectivity index (χ3n) is 4.19. The van der Waals surface area contributed by atoms with E-state index in [-0.39, 0.29) is 6.54 Å². The maximum absolute atomic E-state index is 12.7. The minimum atomic E-state index is -0.585. The molecule has 26 heavy (non-hydrogen) atoms. The van der Waals surface area contributed by atoms with Crippen LogP contribution in [0.25, 0.3) is 11.2 Å². The number of aliphatic hydroxyl groups excluding tert-OH is 1. The van der Waals surface area contributed by atoms with Gasteiger partial charge in [-0.05, 0) is 18.6 Å². The molecule has 0 amide bonds. The van der Waals surface area contributed by atoms with Crippen molar-refractivity contribution in [3.8, 4) is 0 Å². The predicted molar refractivity (Wildman–Crippen MR) is 104 cm³/mol. The van der Waals surface area contributed by atoms with Crippen LogP contribution >= 0.6 is 15.9 Å². The number of nitrogens with one attached hydrogen (secondary N) is 1. The van der Waals surface area contributed by atoms with E-state index in [1.807, 2.05) is 24.3 Å². The van der Waals surface area contributed by atoms with E-state index in [1.54, 1.807) is 18.5 Å². The van der Waals surface area contributed by atoms with E-state index in [0.717, 1.165) is 14.6 Å². The molecule has 0 bridgehead atoms. The Labute approximate surface area is 157 Å². The summed E-state index contributed by atoms with van der Waals surface area (Å²) in [5.74, 6) is 0.426. The van der Waals surface area contributed by atoms with Crippen molar-refractivity contribution in [2.24, 2.45) is 14.1 Å². The van der Waals surface area contributed by atoms with Crippen LogP contribution in [0.5, 0.6) is 0 Å². The van der Waals surface area contributed by atoms with Crippen LogP contribution in [0.1, 0.15) is 12.5 Å². The Hall–Kier alpha value is -2.39. The van der Waals surface area contributed by atoms with Crippen molar-refractivity contribution in [3.05, 3.63) is 55.1 Å². The summed E-state index contributed by atoms with van der Waals surface area (Å²) < 4.78 is 5.06. The highest BCUT2D eigenvalue weighted by Crippen LogP contribution is 2.22. The summed E-state index contributed by atoms with van der Waals surface area (Å²) in [5.41, 5.74) is 0.752. The first-order valence-electron chi connectivity index (χ1n) is 8.12. The smallest absolute Gasteiger partial charge is 0.332 e. The Morgan fingerprint density at radius 3 is 2.58 bits per heavy atom. The van der Waals surface area contributed by atoms with Gasteiger partial charge in [0.1, 0.15) is 0 Å². The molecule has 0 saturated carbocycles. The van der Waals surface area contributed by atoms with E-state index in [1.165, 1.54) is 11.6 Å². The summed E-state index contributed by atoms with van der Waals surface area (Å²) in [7, 11) is 3.03. The fourth-order valence-electron chi connectivity index (χ4n) is 2.77. The van der Waals surface area contributed by atoms with E-state index in [2.05, 4.69) is 26.2 Å². The molecule has 2 aromatic heterocycles. The standard InChI is InChI=1S/C17H20BrN5O3/c1-10(24)8-19-16-20-14-13(15(25)22(3)17(26)21(14)2)23(16)9-11-6-4-5-7-12(11)18/h4-7,10,24H,8-9H2,1-3H3,(H,19,20). The average Bonchev–Trinajstić information content (AvgIpc) is 2.97. The van der Waals surface area contributed by atoms with Gasteiger partial charge in [0.15, 0.2) is 11.2 Å². The van der Waals surface area contributed by atoms with Crippen molar-refractivity contribution in [3.63, 3.8) is 0 Å². The molecule has 0 aliphatic carbocycles. The lowest BCUT2D eigenvalue weighted by Crippen LogP contribution is -2.37. The maximum atomic E-state index is 12.7. The summed E-state index contributed by atoms with van der Waals surface area (Å²) >= 11 is 3.52. The Bertz CT molecular complexity index is 1080. The molecule has 1 atom stereocenters. The van der Waals surface area contributed by atoms with Gasteiger partial charge in [0.2, 0.25) is 5.95 Å². The van der Waals surface area contributed by atoms with Crippen molar-refractivity contribution in [1.82, 2.24) is 18.7 Å². The number of hydrogen-bond acceptors (Lipinski definition) is 5. The molecule has 2 N–H and O–H groups in total. The highest BCUT2D eigenvalue weighted by molar-refractivity contribution is 9.10. The van der Waals surface area contributed by atoms with Gasteiger partial charge in [-0.2, -0.15) is 4.98 Å². The molecule has 3 aromatic rings. The van der Waals surface area contributed by atoms with Gasteiger partial charge in [0.05, 0.1) is 12.6 Å². The second-order valence-electron chi connectivity index (χ2n) is 6.22. The first-order chi connectivity index (χ1) is 12.3. The van der Waals surface area contributed by atoms with Crippen molar-refractivity contribution in [1.29, 1.82) is 0 Å². The van der Waals surface area contributed by atoms with Crippen LogP contribution < -0.4 is 16.6 Å². The minimum absolute atomic E-state index is 0.271. The van der Waals surface area contributed by atoms with Crippen molar-refractivity contribution >= 4 is 33.0 Å². The Morgan fingerprint density at radius 2 is 1.92 bits per heavy atom. The normalized spacial score (nSPS) is 12.5. The van der Waals surface area contributed by atoms with Gasteiger partial charge < -0.3 is 10.4 Å². The molecule has 0 radical (unpaired) electrons. The molecule has 0 aliphatic heterocycles.